The maximum Gasteiger partial charge on any atom is 0.153 e. The molecule has 0 saturated heterocycles. The molecule has 0 aliphatic heterocycles. The van der Waals surface area contributed by atoms with E-state index < -0.39 is 0 Å². The molecule has 0 heterocycles. The van der Waals surface area contributed by atoms with Crippen molar-refractivity contribution in [3.63, 3.8) is 0 Å². The highest BCUT2D eigenvalue weighted by Crippen LogP contribution is 2.00. The maximum atomic E-state index is 6.50. The first-order valence-corrected chi connectivity index (χ1v) is 4.48. The number of hydrogen-bond acceptors (Lipinski definition) is 3. The third kappa shape index (κ3) is 12.5. The quantitative estimate of drug-likeness (QED) is 0.521. The van der Waals surface area contributed by atoms with Crippen LogP contribution < -0.4 is 5.73 Å². The number of nitrogens with zero attached hydrogens (tertiary/aromatic N) is 2. The Morgan fingerprint density at radius 2 is 2.09 bits per heavy atom. The standard InChI is InChI=1S/C6H14N2S.CHN/c1-3-5-9-6(7)8-4-2;1-2/h3-5H2,1-2H3,(H2,7,8);1H. The van der Waals surface area contributed by atoms with Gasteiger partial charge in [0.2, 0.25) is 0 Å². The van der Waals surface area contributed by atoms with Gasteiger partial charge >= 0.3 is 0 Å². The van der Waals surface area contributed by atoms with Crippen molar-refractivity contribution in [3.05, 3.63) is 0 Å². The molecule has 0 aliphatic carbocycles. The summed E-state index contributed by atoms with van der Waals surface area (Å²) in [4.78, 5) is 4.02. The lowest BCUT2D eigenvalue weighted by molar-refractivity contribution is 1.11. The number of rotatable bonds is 3. The third-order valence-corrected chi connectivity index (χ3v) is 1.81. The molecular weight excluding hydrogens is 158 g/mol. The van der Waals surface area contributed by atoms with Crippen LogP contribution >= 0.6 is 11.8 Å². The highest BCUT2D eigenvalue weighted by atomic mass is 32.2. The molecule has 0 aromatic heterocycles. The molecule has 0 saturated carbocycles. The number of nitriles is 1. The van der Waals surface area contributed by atoms with Gasteiger partial charge in [0, 0.05) is 18.9 Å². The van der Waals surface area contributed by atoms with Crippen LogP contribution in [0.15, 0.2) is 4.99 Å². The second kappa shape index (κ2) is 12.0. The topological polar surface area (TPSA) is 62.2 Å². The lowest BCUT2D eigenvalue weighted by atomic mass is 10.6. The van der Waals surface area contributed by atoms with E-state index in [-0.39, 0.29) is 0 Å². The van der Waals surface area contributed by atoms with E-state index in [4.69, 9.17) is 11.0 Å². The average Bonchev–Trinajstić information content (AvgIpc) is 2.05. The minimum absolute atomic E-state index is 0.722. The summed E-state index contributed by atoms with van der Waals surface area (Å²) in [5, 5.41) is 7.22. The number of hydrogen-bond donors (Lipinski definition) is 1. The zero-order valence-electron chi connectivity index (χ0n) is 7.08. The summed E-state index contributed by atoms with van der Waals surface area (Å²) in [7, 11) is 0. The van der Waals surface area contributed by atoms with Gasteiger partial charge in [-0.15, -0.1) is 0 Å². The highest BCUT2D eigenvalue weighted by Gasteiger charge is 1.88. The molecule has 4 heteroatoms. The fraction of sp³-hybridized carbons (Fsp3) is 0.714. The second-order valence-corrected chi connectivity index (χ2v) is 2.78. The first-order valence-electron chi connectivity index (χ1n) is 3.49. The van der Waals surface area contributed by atoms with Crippen LogP contribution in [0, 0.1) is 11.8 Å². The van der Waals surface area contributed by atoms with Crippen molar-refractivity contribution in [1.82, 2.24) is 0 Å². The van der Waals surface area contributed by atoms with Crippen molar-refractivity contribution >= 4 is 16.9 Å². The van der Waals surface area contributed by atoms with Gasteiger partial charge in [-0.25, -0.2) is 5.26 Å². The minimum Gasteiger partial charge on any atom is -0.379 e. The third-order valence-electron chi connectivity index (χ3n) is 0.768. The van der Waals surface area contributed by atoms with Crippen molar-refractivity contribution in [2.45, 2.75) is 20.3 Å². The molecule has 11 heavy (non-hydrogen) atoms. The van der Waals surface area contributed by atoms with Gasteiger partial charge in [0.25, 0.3) is 0 Å². The fourth-order valence-corrected chi connectivity index (χ4v) is 1.04. The molecule has 0 rings (SSSR count). The van der Waals surface area contributed by atoms with Gasteiger partial charge in [-0.05, 0) is 13.3 Å². The predicted octanol–water partition coefficient (Wildman–Crippen LogP) is 1.60. The molecule has 0 aliphatic rings. The SMILES string of the molecule is C#N.CCCSC(N)=NCC. The zero-order valence-corrected chi connectivity index (χ0v) is 7.90. The van der Waals surface area contributed by atoms with E-state index in [9.17, 15) is 0 Å². The molecule has 0 unspecified atom stereocenters. The van der Waals surface area contributed by atoms with E-state index in [2.05, 4.69) is 18.5 Å². The van der Waals surface area contributed by atoms with Crippen LogP contribution in [0.2, 0.25) is 0 Å². The largest absolute Gasteiger partial charge is 0.379 e. The summed E-state index contributed by atoms with van der Waals surface area (Å²) in [6.07, 6.45) is 1.16. The van der Waals surface area contributed by atoms with Crippen molar-refractivity contribution < 1.29 is 0 Å². The minimum atomic E-state index is 0.722. The summed E-state index contributed by atoms with van der Waals surface area (Å²) in [6.45, 7) is 8.41. The Labute approximate surface area is 72.7 Å². The van der Waals surface area contributed by atoms with E-state index in [1.54, 1.807) is 11.8 Å². The Morgan fingerprint density at radius 1 is 1.55 bits per heavy atom. The van der Waals surface area contributed by atoms with Gasteiger partial charge in [0.15, 0.2) is 5.17 Å². The zero-order chi connectivity index (χ0) is 9.11. The van der Waals surface area contributed by atoms with Crippen molar-refractivity contribution in [2.24, 2.45) is 10.7 Å². The monoisotopic (exact) mass is 173 g/mol. The Kier molecular flexibility index (Phi) is 14.2. The molecule has 0 fully saturated rings. The number of thioether (sulfide) groups is 1. The van der Waals surface area contributed by atoms with Crippen LogP contribution in [0.25, 0.3) is 0 Å². The number of amidine groups is 1. The van der Waals surface area contributed by atoms with E-state index in [0.717, 1.165) is 23.9 Å². The molecule has 0 aromatic rings. The Morgan fingerprint density at radius 3 is 2.45 bits per heavy atom. The molecule has 0 aromatic carbocycles. The summed E-state index contributed by atoms with van der Waals surface area (Å²) < 4.78 is 0. The molecule has 3 nitrogen and oxygen atoms in total. The van der Waals surface area contributed by atoms with Crippen LogP contribution in [-0.2, 0) is 0 Å². The molecule has 0 bridgehead atoms. The van der Waals surface area contributed by atoms with Crippen LogP contribution in [0.1, 0.15) is 20.3 Å². The normalized spacial score (nSPS) is 10.0. The van der Waals surface area contributed by atoms with Crippen molar-refractivity contribution in [3.8, 4) is 6.57 Å². The molecule has 0 spiro atoms. The van der Waals surface area contributed by atoms with Crippen LogP contribution in [0.5, 0.6) is 0 Å². The lowest BCUT2D eigenvalue weighted by Gasteiger charge is -1.95. The predicted molar refractivity (Wildman–Crippen MR) is 51.6 cm³/mol. The van der Waals surface area contributed by atoms with Crippen LogP contribution in [0.4, 0.5) is 0 Å². The molecule has 0 atom stereocenters. The van der Waals surface area contributed by atoms with Gasteiger partial charge in [-0.2, -0.15) is 0 Å². The van der Waals surface area contributed by atoms with Gasteiger partial charge in [-0.3, -0.25) is 4.99 Å². The highest BCUT2D eigenvalue weighted by molar-refractivity contribution is 8.13. The number of aliphatic imine (C=N–C) groups is 1. The van der Waals surface area contributed by atoms with E-state index in [1.165, 1.54) is 0 Å². The van der Waals surface area contributed by atoms with E-state index in [1.807, 2.05) is 6.92 Å². The lowest BCUT2D eigenvalue weighted by Crippen LogP contribution is -2.07. The summed E-state index contributed by atoms with van der Waals surface area (Å²) >= 11 is 1.63. The van der Waals surface area contributed by atoms with Gasteiger partial charge in [-0.1, -0.05) is 18.7 Å². The molecule has 64 valence electrons. The van der Waals surface area contributed by atoms with Gasteiger partial charge < -0.3 is 5.73 Å². The van der Waals surface area contributed by atoms with Gasteiger partial charge in [0.05, 0.1) is 0 Å². The van der Waals surface area contributed by atoms with Crippen LogP contribution in [0.3, 0.4) is 0 Å². The second-order valence-electron chi connectivity index (χ2n) is 1.66. The smallest absolute Gasteiger partial charge is 0.153 e. The molecule has 0 amide bonds. The van der Waals surface area contributed by atoms with Gasteiger partial charge in [0.1, 0.15) is 0 Å². The molecule has 2 N–H and O–H groups in total. The molecular formula is C7H15N3S. The number of nitrogens with two attached hydrogens (primary N) is 1. The first kappa shape index (κ1) is 12.9. The Balaban J connectivity index is 0. The van der Waals surface area contributed by atoms with E-state index in [0.29, 0.717) is 0 Å². The summed E-state index contributed by atoms with van der Waals surface area (Å²) in [5.74, 6) is 1.08. The Hall–Kier alpha value is -0.690. The summed E-state index contributed by atoms with van der Waals surface area (Å²) in [5.41, 5.74) is 5.48. The Bertz CT molecular complexity index is 120. The van der Waals surface area contributed by atoms with Crippen molar-refractivity contribution in [2.75, 3.05) is 12.3 Å². The average molecular weight is 173 g/mol. The first-order chi connectivity index (χ1) is 5.31. The van der Waals surface area contributed by atoms with Crippen molar-refractivity contribution in [1.29, 1.82) is 5.26 Å². The fourth-order valence-electron chi connectivity index (χ4n) is 0.408. The molecule has 0 radical (unpaired) electrons. The van der Waals surface area contributed by atoms with E-state index >= 15 is 0 Å². The summed E-state index contributed by atoms with van der Waals surface area (Å²) in [6, 6.07) is 0. The maximum absolute atomic E-state index is 6.50. The van der Waals surface area contributed by atoms with Crippen LogP contribution in [-0.4, -0.2) is 17.5 Å².